The van der Waals surface area contributed by atoms with E-state index in [4.69, 9.17) is 0 Å². The zero-order chi connectivity index (χ0) is 22.0. The summed E-state index contributed by atoms with van der Waals surface area (Å²) >= 11 is 0. The van der Waals surface area contributed by atoms with Crippen molar-refractivity contribution in [1.29, 1.82) is 0 Å². The van der Waals surface area contributed by atoms with Gasteiger partial charge in [-0.25, -0.2) is 0 Å². The SMILES string of the molecule is CC[NH+]1CCN(C(=O)C2CCN(C(=O)[C@@H]3CC(=O)N(c4ccc(C)cc4)C3)CC2)CC1. The first kappa shape index (κ1) is 21.8. The van der Waals surface area contributed by atoms with Crippen LogP contribution in [0.1, 0.15) is 31.7 Å². The molecule has 0 radical (unpaired) electrons. The number of anilines is 1. The molecule has 3 amide bonds. The van der Waals surface area contributed by atoms with Gasteiger partial charge in [-0.05, 0) is 38.8 Å². The quantitative estimate of drug-likeness (QED) is 0.753. The Morgan fingerprint density at radius 1 is 0.935 bits per heavy atom. The van der Waals surface area contributed by atoms with E-state index in [9.17, 15) is 14.4 Å². The Bertz CT molecular complexity index is 809. The lowest BCUT2D eigenvalue weighted by molar-refractivity contribution is -0.902. The van der Waals surface area contributed by atoms with Gasteiger partial charge in [-0.3, -0.25) is 14.4 Å². The van der Waals surface area contributed by atoms with E-state index >= 15 is 0 Å². The van der Waals surface area contributed by atoms with Gasteiger partial charge in [0.1, 0.15) is 0 Å². The fraction of sp³-hybridized carbons (Fsp3) is 0.625. The topological polar surface area (TPSA) is 65.4 Å². The number of amides is 3. The van der Waals surface area contributed by atoms with Gasteiger partial charge in [-0.1, -0.05) is 17.7 Å². The van der Waals surface area contributed by atoms with E-state index < -0.39 is 0 Å². The molecule has 7 heteroatoms. The number of carbonyl (C=O) groups excluding carboxylic acids is 3. The van der Waals surface area contributed by atoms with Crippen molar-refractivity contribution < 1.29 is 19.3 Å². The Balaban J connectivity index is 1.28. The molecule has 7 nitrogen and oxygen atoms in total. The number of benzene rings is 1. The maximum absolute atomic E-state index is 13.1. The summed E-state index contributed by atoms with van der Waals surface area (Å²) in [5.41, 5.74) is 2.01. The lowest BCUT2D eigenvalue weighted by atomic mass is 9.93. The van der Waals surface area contributed by atoms with Gasteiger partial charge in [-0.2, -0.15) is 0 Å². The minimum atomic E-state index is -0.286. The summed E-state index contributed by atoms with van der Waals surface area (Å²) in [6.45, 7) is 10.8. The number of carbonyl (C=O) groups is 3. The molecule has 0 aliphatic carbocycles. The number of piperazine rings is 1. The van der Waals surface area contributed by atoms with Crippen LogP contribution in [0.4, 0.5) is 5.69 Å². The van der Waals surface area contributed by atoms with Gasteiger partial charge in [-0.15, -0.1) is 0 Å². The molecule has 0 unspecified atom stereocenters. The molecule has 1 aromatic rings. The molecule has 168 valence electrons. The highest BCUT2D eigenvalue weighted by atomic mass is 16.2. The molecule has 1 atom stereocenters. The van der Waals surface area contributed by atoms with Crippen molar-refractivity contribution in [2.45, 2.75) is 33.1 Å². The third kappa shape index (κ3) is 4.76. The zero-order valence-electron chi connectivity index (χ0n) is 18.8. The van der Waals surface area contributed by atoms with Gasteiger partial charge in [0.2, 0.25) is 17.7 Å². The summed E-state index contributed by atoms with van der Waals surface area (Å²) in [4.78, 5) is 45.7. The fourth-order valence-corrected chi connectivity index (χ4v) is 5.11. The molecule has 31 heavy (non-hydrogen) atoms. The van der Waals surface area contributed by atoms with E-state index in [-0.39, 0.29) is 36.0 Å². The molecule has 3 aliphatic rings. The number of quaternary nitrogens is 1. The molecule has 0 bridgehead atoms. The molecular formula is C24H35N4O3+. The van der Waals surface area contributed by atoms with Gasteiger partial charge < -0.3 is 19.6 Å². The fourth-order valence-electron chi connectivity index (χ4n) is 5.11. The first-order valence-corrected chi connectivity index (χ1v) is 11.7. The summed E-state index contributed by atoms with van der Waals surface area (Å²) in [6.07, 6.45) is 1.73. The predicted molar refractivity (Wildman–Crippen MR) is 119 cm³/mol. The number of piperidine rings is 1. The first-order chi connectivity index (χ1) is 15.0. The largest absolute Gasteiger partial charge is 0.342 e. The van der Waals surface area contributed by atoms with Crippen molar-refractivity contribution >= 4 is 23.4 Å². The molecule has 0 saturated carbocycles. The van der Waals surface area contributed by atoms with Crippen molar-refractivity contribution in [2.24, 2.45) is 11.8 Å². The molecule has 0 aromatic heterocycles. The average molecular weight is 428 g/mol. The van der Waals surface area contributed by atoms with Gasteiger partial charge >= 0.3 is 0 Å². The molecule has 3 saturated heterocycles. The number of hydrogen-bond donors (Lipinski definition) is 1. The van der Waals surface area contributed by atoms with Crippen LogP contribution in [0.5, 0.6) is 0 Å². The molecule has 1 aromatic carbocycles. The minimum absolute atomic E-state index is 0.0145. The highest BCUT2D eigenvalue weighted by molar-refractivity contribution is 6.00. The third-order valence-electron chi connectivity index (χ3n) is 7.26. The van der Waals surface area contributed by atoms with Crippen LogP contribution in [-0.4, -0.2) is 79.9 Å². The monoisotopic (exact) mass is 427 g/mol. The molecule has 4 rings (SSSR count). The minimum Gasteiger partial charge on any atom is -0.342 e. The van der Waals surface area contributed by atoms with E-state index in [0.29, 0.717) is 19.6 Å². The average Bonchev–Trinajstić information content (AvgIpc) is 3.20. The van der Waals surface area contributed by atoms with E-state index in [1.54, 1.807) is 9.80 Å². The Labute approximate surface area is 185 Å². The second-order valence-corrected chi connectivity index (χ2v) is 9.27. The highest BCUT2D eigenvalue weighted by Gasteiger charge is 2.39. The lowest BCUT2D eigenvalue weighted by Gasteiger charge is -2.37. The Hall–Kier alpha value is -2.41. The number of rotatable bonds is 4. The van der Waals surface area contributed by atoms with Crippen LogP contribution in [-0.2, 0) is 14.4 Å². The van der Waals surface area contributed by atoms with Gasteiger partial charge in [0, 0.05) is 37.7 Å². The molecule has 3 aliphatic heterocycles. The van der Waals surface area contributed by atoms with Crippen LogP contribution in [0.2, 0.25) is 0 Å². The van der Waals surface area contributed by atoms with Crippen molar-refractivity contribution in [1.82, 2.24) is 9.80 Å². The number of nitrogens with zero attached hydrogens (tertiary/aromatic N) is 3. The van der Waals surface area contributed by atoms with Gasteiger partial charge in [0.25, 0.3) is 0 Å². The standard InChI is InChI=1S/C24H34N4O3/c1-3-25-12-14-27(15-13-25)23(30)19-8-10-26(11-9-19)24(31)20-16-22(29)28(17-20)21-6-4-18(2)5-7-21/h4-7,19-20H,3,8-17H2,1-2H3/p+1/t20-/m1/s1. The molecule has 3 heterocycles. The Morgan fingerprint density at radius 2 is 1.52 bits per heavy atom. The van der Waals surface area contributed by atoms with Crippen molar-refractivity contribution in [3.63, 3.8) is 0 Å². The zero-order valence-corrected chi connectivity index (χ0v) is 18.8. The maximum atomic E-state index is 13.1. The second-order valence-electron chi connectivity index (χ2n) is 9.27. The summed E-state index contributed by atoms with van der Waals surface area (Å²) in [6, 6.07) is 7.87. The number of likely N-dealkylation sites (tertiary alicyclic amines) is 1. The van der Waals surface area contributed by atoms with Crippen molar-refractivity contribution in [3.05, 3.63) is 29.8 Å². The van der Waals surface area contributed by atoms with E-state index in [1.165, 1.54) is 0 Å². The number of aryl methyl sites for hydroxylation is 1. The molecule has 1 N–H and O–H groups in total. The number of nitrogens with one attached hydrogen (secondary N) is 1. The maximum Gasteiger partial charge on any atom is 0.228 e. The van der Waals surface area contributed by atoms with Crippen molar-refractivity contribution in [2.75, 3.05) is 57.3 Å². The second kappa shape index (κ2) is 9.39. The summed E-state index contributed by atoms with van der Waals surface area (Å²) in [5.74, 6) is 0.0890. The van der Waals surface area contributed by atoms with Crippen LogP contribution >= 0.6 is 0 Å². The Morgan fingerprint density at radius 3 is 2.13 bits per heavy atom. The summed E-state index contributed by atoms with van der Waals surface area (Å²) in [7, 11) is 0. The third-order valence-corrected chi connectivity index (χ3v) is 7.26. The Kier molecular flexibility index (Phi) is 6.60. The lowest BCUT2D eigenvalue weighted by Crippen LogP contribution is -3.14. The van der Waals surface area contributed by atoms with Crippen LogP contribution in [0.15, 0.2) is 24.3 Å². The molecule has 0 spiro atoms. The van der Waals surface area contributed by atoms with Crippen LogP contribution in [0.25, 0.3) is 0 Å². The number of hydrogen-bond acceptors (Lipinski definition) is 3. The molecular weight excluding hydrogens is 392 g/mol. The smallest absolute Gasteiger partial charge is 0.228 e. The van der Waals surface area contributed by atoms with Crippen LogP contribution in [0.3, 0.4) is 0 Å². The van der Waals surface area contributed by atoms with Gasteiger partial charge in [0.15, 0.2) is 0 Å². The van der Waals surface area contributed by atoms with Crippen LogP contribution < -0.4 is 9.80 Å². The highest BCUT2D eigenvalue weighted by Crippen LogP contribution is 2.28. The van der Waals surface area contributed by atoms with Crippen LogP contribution in [0, 0.1) is 18.8 Å². The first-order valence-electron chi connectivity index (χ1n) is 11.7. The predicted octanol–water partition coefficient (Wildman–Crippen LogP) is 0.334. The van der Waals surface area contributed by atoms with E-state index in [0.717, 1.165) is 56.8 Å². The molecule has 3 fully saturated rings. The summed E-state index contributed by atoms with van der Waals surface area (Å²) in [5, 5.41) is 0. The van der Waals surface area contributed by atoms with Gasteiger partial charge in [0.05, 0.1) is 38.6 Å². The number of likely N-dealkylation sites (N-methyl/N-ethyl adjacent to an activating group) is 1. The normalized spacial score (nSPS) is 23.5. The van der Waals surface area contributed by atoms with E-state index in [1.807, 2.05) is 41.0 Å². The van der Waals surface area contributed by atoms with Crippen molar-refractivity contribution in [3.8, 4) is 0 Å². The summed E-state index contributed by atoms with van der Waals surface area (Å²) < 4.78 is 0. The van der Waals surface area contributed by atoms with E-state index in [2.05, 4.69) is 6.92 Å².